The number of nitrogens with zero attached hydrogens (tertiary/aromatic N) is 3. The topological polar surface area (TPSA) is 67.9 Å². The normalized spacial score (nSPS) is 10.1. The molecule has 0 heterocycles. The van der Waals surface area contributed by atoms with Gasteiger partial charge in [0.2, 0.25) is 0 Å². The van der Waals surface area contributed by atoms with Gasteiger partial charge in [0.1, 0.15) is 0 Å². The highest BCUT2D eigenvalue weighted by atomic mass is 16.6. The van der Waals surface area contributed by atoms with Crippen LogP contribution in [-0.2, 0) is 0 Å². The van der Waals surface area contributed by atoms with Crippen molar-refractivity contribution in [1.82, 2.24) is 5.17 Å². The molecule has 0 amide bonds. The summed E-state index contributed by atoms with van der Waals surface area (Å²) in [5.41, 5.74) is 6.75. The molecule has 0 saturated carbocycles. The number of nitrogen functional groups attached to an aromatic ring is 1. The van der Waals surface area contributed by atoms with E-state index in [9.17, 15) is 5.21 Å². The molecule has 0 fully saturated rings. The van der Waals surface area contributed by atoms with E-state index in [1.807, 2.05) is 0 Å². The lowest BCUT2D eigenvalue weighted by molar-refractivity contribution is 0.425. The fraction of sp³-hybridized carbons (Fsp3) is 0.125. The molecule has 0 bridgehead atoms. The summed E-state index contributed by atoms with van der Waals surface area (Å²) >= 11 is 0. The highest BCUT2D eigenvalue weighted by Crippen LogP contribution is 2.16. The van der Waals surface area contributed by atoms with E-state index in [4.69, 9.17) is 5.73 Å². The molecule has 0 unspecified atom stereocenters. The monoisotopic (exact) mass is 179 g/mol. The molecule has 0 aromatic heterocycles. The second kappa shape index (κ2) is 3.88. The molecule has 13 heavy (non-hydrogen) atoms. The zero-order valence-corrected chi connectivity index (χ0v) is 7.34. The van der Waals surface area contributed by atoms with Gasteiger partial charge in [-0.3, -0.25) is 5.17 Å². The SMILES string of the molecule is C=NN(c1ccc(N)cc1)N(C)[O-]. The maximum Gasteiger partial charge on any atom is 0.0772 e. The predicted molar refractivity (Wildman–Crippen MR) is 54.0 cm³/mol. The van der Waals surface area contributed by atoms with Crippen LogP contribution in [0.4, 0.5) is 11.4 Å². The second-order valence-corrected chi connectivity index (χ2v) is 2.49. The summed E-state index contributed by atoms with van der Waals surface area (Å²) < 4.78 is 0. The quantitative estimate of drug-likeness (QED) is 0.427. The zero-order valence-electron chi connectivity index (χ0n) is 7.34. The fourth-order valence-electron chi connectivity index (χ4n) is 0.941. The van der Waals surface area contributed by atoms with Crippen molar-refractivity contribution in [3.05, 3.63) is 29.5 Å². The smallest absolute Gasteiger partial charge is 0.0772 e. The molecular weight excluding hydrogens is 168 g/mol. The average molecular weight is 179 g/mol. The Labute approximate surface area is 76.6 Å². The summed E-state index contributed by atoms with van der Waals surface area (Å²) in [5.74, 6) is 0. The first-order chi connectivity index (χ1) is 6.15. The van der Waals surface area contributed by atoms with Crippen molar-refractivity contribution in [2.75, 3.05) is 17.9 Å². The Morgan fingerprint density at radius 2 is 1.92 bits per heavy atom. The number of hydrazone groups is 1. The van der Waals surface area contributed by atoms with Gasteiger partial charge in [-0.05, 0) is 31.3 Å². The summed E-state index contributed by atoms with van der Waals surface area (Å²) in [6, 6.07) is 6.77. The third kappa shape index (κ3) is 2.17. The molecule has 0 atom stereocenters. The van der Waals surface area contributed by atoms with Gasteiger partial charge in [0.15, 0.2) is 0 Å². The maximum absolute atomic E-state index is 10.9. The highest BCUT2D eigenvalue weighted by molar-refractivity contribution is 5.52. The van der Waals surface area contributed by atoms with Gasteiger partial charge in [-0.25, -0.2) is 5.12 Å². The van der Waals surface area contributed by atoms with E-state index in [-0.39, 0.29) is 0 Å². The molecule has 1 aromatic carbocycles. The fourth-order valence-corrected chi connectivity index (χ4v) is 0.941. The third-order valence-corrected chi connectivity index (χ3v) is 1.52. The molecule has 5 heteroatoms. The molecular formula is C8H11N4O-. The van der Waals surface area contributed by atoms with Crippen molar-refractivity contribution in [3.63, 3.8) is 0 Å². The summed E-state index contributed by atoms with van der Waals surface area (Å²) in [5, 5.41) is 16.2. The van der Waals surface area contributed by atoms with E-state index in [0.717, 1.165) is 5.12 Å². The molecule has 0 radical (unpaired) electrons. The van der Waals surface area contributed by atoms with Gasteiger partial charge < -0.3 is 10.9 Å². The molecule has 5 nitrogen and oxygen atoms in total. The summed E-state index contributed by atoms with van der Waals surface area (Å²) in [7, 11) is 1.34. The molecule has 0 aliphatic rings. The Balaban J connectivity index is 2.92. The van der Waals surface area contributed by atoms with Crippen LogP contribution < -0.4 is 10.9 Å². The first-order valence-corrected chi connectivity index (χ1v) is 3.68. The van der Waals surface area contributed by atoms with Crippen molar-refractivity contribution >= 4 is 18.1 Å². The Kier molecular flexibility index (Phi) is 2.84. The van der Waals surface area contributed by atoms with Crippen LogP contribution in [0.25, 0.3) is 0 Å². The Morgan fingerprint density at radius 3 is 2.31 bits per heavy atom. The lowest BCUT2D eigenvalue weighted by Gasteiger charge is -2.33. The number of nitrogens with two attached hydrogens (primary N) is 1. The van der Waals surface area contributed by atoms with Crippen molar-refractivity contribution < 1.29 is 0 Å². The van der Waals surface area contributed by atoms with Crippen LogP contribution >= 0.6 is 0 Å². The molecule has 0 aliphatic carbocycles. The van der Waals surface area contributed by atoms with Crippen molar-refractivity contribution in [3.8, 4) is 0 Å². The third-order valence-electron chi connectivity index (χ3n) is 1.52. The largest absolute Gasteiger partial charge is 0.766 e. The highest BCUT2D eigenvalue weighted by Gasteiger charge is 2.01. The summed E-state index contributed by atoms with van der Waals surface area (Å²) in [4.78, 5) is 0. The van der Waals surface area contributed by atoms with E-state index in [2.05, 4.69) is 11.8 Å². The molecule has 0 spiro atoms. The molecule has 0 saturated heterocycles. The van der Waals surface area contributed by atoms with Crippen LogP contribution in [0.15, 0.2) is 29.4 Å². The number of hydrazine groups is 1. The van der Waals surface area contributed by atoms with Crippen LogP contribution in [0.3, 0.4) is 0 Å². The predicted octanol–water partition coefficient (Wildman–Crippen LogP) is 1.04. The number of hydrogen-bond acceptors (Lipinski definition) is 5. The van der Waals surface area contributed by atoms with Crippen molar-refractivity contribution in [2.24, 2.45) is 5.10 Å². The zero-order chi connectivity index (χ0) is 9.84. The number of rotatable bonds is 3. The minimum Gasteiger partial charge on any atom is -0.766 e. The van der Waals surface area contributed by atoms with Crippen molar-refractivity contribution in [1.29, 1.82) is 0 Å². The van der Waals surface area contributed by atoms with Crippen LogP contribution in [0.2, 0.25) is 0 Å². The molecule has 2 N–H and O–H groups in total. The first-order valence-electron chi connectivity index (χ1n) is 3.68. The van der Waals surface area contributed by atoms with Crippen LogP contribution in [0.5, 0.6) is 0 Å². The molecule has 70 valence electrons. The second-order valence-electron chi connectivity index (χ2n) is 2.49. The average Bonchev–Trinajstić information content (AvgIpc) is 2.09. The van der Waals surface area contributed by atoms with E-state index >= 15 is 0 Å². The van der Waals surface area contributed by atoms with E-state index < -0.39 is 0 Å². The number of anilines is 2. The van der Waals surface area contributed by atoms with Gasteiger partial charge in [0, 0.05) is 12.4 Å². The minimum absolute atomic E-state index is 0.582. The van der Waals surface area contributed by atoms with E-state index in [1.54, 1.807) is 24.3 Å². The standard InChI is InChI=1S/C8H11N4O/c1-10-12(11(2)13)8-5-3-7(9)4-6-8/h3-6H,1,9H2,2H3/q-1. The Hall–Kier alpha value is -1.59. The van der Waals surface area contributed by atoms with Gasteiger partial charge in [-0.1, -0.05) is 0 Å². The minimum atomic E-state index is 0.582. The number of benzene rings is 1. The Bertz CT molecular complexity index is 283. The molecule has 1 rings (SSSR count). The number of hydrogen-bond donors (Lipinski definition) is 1. The van der Waals surface area contributed by atoms with Gasteiger partial charge in [-0.2, -0.15) is 5.10 Å². The van der Waals surface area contributed by atoms with Crippen molar-refractivity contribution in [2.45, 2.75) is 0 Å². The summed E-state index contributed by atoms with van der Waals surface area (Å²) in [6.45, 7) is 3.28. The van der Waals surface area contributed by atoms with Gasteiger partial charge >= 0.3 is 0 Å². The van der Waals surface area contributed by atoms with E-state index in [1.165, 1.54) is 7.05 Å². The molecule has 0 aliphatic heterocycles. The van der Waals surface area contributed by atoms with Crippen LogP contribution in [0.1, 0.15) is 0 Å². The Morgan fingerprint density at radius 1 is 1.38 bits per heavy atom. The molecule has 1 aromatic rings. The van der Waals surface area contributed by atoms with Gasteiger partial charge in [0.25, 0.3) is 0 Å². The first kappa shape index (κ1) is 9.50. The maximum atomic E-state index is 10.9. The van der Waals surface area contributed by atoms with Crippen LogP contribution in [-0.4, -0.2) is 18.9 Å². The van der Waals surface area contributed by atoms with Crippen LogP contribution in [0, 0.1) is 5.21 Å². The van der Waals surface area contributed by atoms with Gasteiger partial charge in [-0.15, -0.1) is 0 Å². The number of hydroxylamine groups is 1. The van der Waals surface area contributed by atoms with Gasteiger partial charge in [0.05, 0.1) is 5.69 Å². The summed E-state index contributed by atoms with van der Waals surface area (Å²) in [6.07, 6.45) is 0. The lowest BCUT2D eigenvalue weighted by atomic mass is 10.3. The van der Waals surface area contributed by atoms with E-state index in [0.29, 0.717) is 16.5 Å². The lowest BCUT2D eigenvalue weighted by Crippen LogP contribution is -2.30.